The van der Waals surface area contributed by atoms with Gasteiger partial charge in [-0.3, -0.25) is 25.6 Å². The molecular weight excluding hydrogens is 645 g/mol. The molecule has 0 radical (unpaired) electrons. The summed E-state index contributed by atoms with van der Waals surface area (Å²) >= 11 is 16.7. The molecule has 5 N–H and O–H groups in total. The summed E-state index contributed by atoms with van der Waals surface area (Å²) in [6.45, 7) is 4.48. The van der Waals surface area contributed by atoms with E-state index in [1.165, 1.54) is 0 Å². The number of alkyl carbamates (subject to hydrolysis) is 1. The fourth-order valence-corrected chi connectivity index (χ4v) is 5.33. The molecule has 0 saturated carbocycles. The van der Waals surface area contributed by atoms with Crippen molar-refractivity contribution < 1.29 is 23.9 Å². The topological polar surface area (TPSA) is 165 Å². The van der Waals surface area contributed by atoms with Gasteiger partial charge in [-0.25, -0.2) is 9.78 Å². The van der Waals surface area contributed by atoms with Gasteiger partial charge in [-0.2, -0.15) is 0 Å². The van der Waals surface area contributed by atoms with Crippen LogP contribution in [0, 0.1) is 5.41 Å². The zero-order valence-electron chi connectivity index (χ0n) is 25.2. The third-order valence-electron chi connectivity index (χ3n) is 7.64. The maximum atomic E-state index is 13.8. The minimum Gasteiger partial charge on any atom is -0.465 e. The van der Waals surface area contributed by atoms with E-state index in [0.717, 1.165) is 18.4 Å². The molecule has 2 aromatic carbocycles. The molecule has 242 valence electrons. The van der Waals surface area contributed by atoms with E-state index in [0.29, 0.717) is 41.1 Å². The smallest absolute Gasteiger partial charge is 0.412 e. The number of aryl methyl sites for hydroxylation is 1. The Morgan fingerprint density at radius 1 is 1.09 bits per heavy atom. The minimum absolute atomic E-state index is 0.116. The van der Waals surface area contributed by atoms with Crippen molar-refractivity contribution in [1.29, 1.82) is 5.41 Å². The van der Waals surface area contributed by atoms with E-state index >= 15 is 0 Å². The van der Waals surface area contributed by atoms with Crippen LogP contribution in [0.15, 0.2) is 42.5 Å². The van der Waals surface area contributed by atoms with Gasteiger partial charge in [-0.1, -0.05) is 65.1 Å². The van der Waals surface area contributed by atoms with E-state index in [4.69, 9.17) is 60.4 Å². The van der Waals surface area contributed by atoms with Gasteiger partial charge in [-0.15, -0.1) is 0 Å². The summed E-state index contributed by atoms with van der Waals surface area (Å²) in [4.78, 5) is 44.5. The summed E-state index contributed by atoms with van der Waals surface area (Å²) in [6.07, 6.45) is 0.938. The zero-order valence-corrected chi connectivity index (χ0v) is 27.4. The predicted octanol–water partition coefficient (Wildman–Crippen LogP) is 4.03. The summed E-state index contributed by atoms with van der Waals surface area (Å²) in [7, 11) is 1.86. The highest BCUT2D eigenvalue weighted by molar-refractivity contribution is 6.67. The molecule has 0 aliphatic carbocycles. The molecule has 3 aromatic rings. The van der Waals surface area contributed by atoms with Crippen molar-refractivity contribution in [3.63, 3.8) is 0 Å². The van der Waals surface area contributed by atoms with E-state index in [9.17, 15) is 14.4 Å². The summed E-state index contributed by atoms with van der Waals surface area (Å²) in [6, 6.07) is 11.7. The quantitative estimate of drug-likeness (QED) is 0.108. The number of benzene rings is 2. The highest BCUT2D eigenvalue weighted by Gasteiger charge is 2.40. The number of nitrogens with one attached hydrogen (secondary N) is 3. The molecule has 15 heteroatoms. The number of ether oxygens (including phenoxy) is 2. The number of rotatable bonds is 10. The number of amidine groups is 1. The standard InChI is InChI=1S/C30H36Cl3N7O5/c1-4-44-23(41)16-36-29(2,27(42)40-13-5-6-14-40)20-11-12-22-21(15-20)37-26(39(22)3)24(34)18-7-9-19(10-8-18)25(35)38-28(43)45-17-30(31,32)33/h7-12,15,24,36H,4-6,13-14,16-17,34H2,1-3H3,(H2,35,38,43). The second-order valence-electron chi connectivity index (χ2n) is 10.8. The Kier molecular flexibility index (Phi) is 11.0. The van der Waals surface area contributed by atoms with Gasteiger partial charge in [0.05, 0.1) is 30.2 Å². The number of halogens is 3. The molecule has 4 rings (SSSR count). The molecular formula is C30H36Cl3N7O5. The Balaban J connectivity index is 1.55. The predicted molar refractivity (Wildman–Crippen MR) is 173 cm³/mol. The normalized spacial score (nSPS) is 15.4. The number of carbonyl (C=O) groups excluding carboxylic acids is 3. The highest BCUT2D eigenvalue weighted by atomic mass is 35.6. The van der Waals surface area contributed by atoms with Crippen LogP contribution in [0.2, 0.25) is 0 Å². The lowest BCUT2D eigenvalue weighted by molar-refractivity contribution is -0.143. The summed E-state index contributed by atoms with van der Waals surface area (Å²) in [5.41, 5.74) is 8.68. The number of likely N-dealkylation sites (tertiary alicyclic amines) is 1. The minimum atomic E-state index is -1.76. The zero-order chi connectivity index (χ0) is 32.9. The van der Waals surface area contributed by atoms with Gasteiger partial charge in [0, 0.05) is 25.7 Å². The van der Waals surface area contributed by atoms with Gasteiger partial charge in [0.15, 0.2) is 0 Å². The third-order valence-corrected chi connectivity index (χ3v) is 7.96. The first-order valence-electron chi connectivity index (χ1n) is 14.4. The molecule has 2 unspecified atom stereocenters. The maximum Gasteiger partial charge on any atom is 0.412 e. The van der Waals surface area contributed by atoms with Crippen molar-refractivity contribution >= 4 is 69.6 Å². The van der Waals surface area contributed by atoms with E-state index in [2.05, 4.69) is 10.6 Å². The van der Waals surface area contributed by atoms with Crippen LogP contribution < -0.4 is 16.4 Å². The average molecular weight is 681 g/mol. The molecule has 0 spiro atoms. The fraction of sp³-hybridized carbons (Fsp3) is 0.433. The van der Waals surface area contributed by atoms with Crippen LogP contribution in [-0.4, -0.2) is 74.9 Å². The number of fused-ring (bicyclic) bond motifs is 1. The highest BCUT2D eigenvalue weighted by Crippen LogP contribution is 2.30. The van der Waals surface area contributed by atoms with Gasteiger partial charge in [-0.05, 0) is 49.9 Å². The van der Waals surface area contributed by atoms with E-state index in [-0.39, 0.29) is 24.9 Å². The Morgan fingerprint density at radius 2 is 1.76 bits per heavy atom. The number of hydrogen-bond donors (Lipinski definition) is 4. The van der Waals surface area contributed by atoms with Crippen molar-refractivity contribution in [3.05, 3.63) is 65.0 Å². The molecule has 1 aliphatic heterocycles. The first-order valence-corrected chi connectivity index (χ1v) is 15.5. The number of nitrogens with zero attached hydrogens (tertiary/aromatic N) is 3. The molecule has 2 heterocycles. The van der Waals surface area contributed by atoms with Crippen LogP contribution in [0.1, 0.15) is 55.2 Å². The summed E-state index contributed by atoms with van der Waals surface area (Å²) < 4.78 is 10.0. The monoisotopic (exact) mass is 679 g/mol. The largest absolute Gasteiger partial charge is 0.465 e. The molecule has 45 heavy (non-hydrogen) atoms. The number of nitrogens with two attached hydrogens (primary N) is 1. The number of alkyl halides is 3. The maximum absolute atomic E-state index is 13.8. The van der Waals surface area contributed by atoms with Gasteiger partial charge >= 0.3 is 12.1 Å². The lowest BCUT2D eigenvalue weighted by atomic mass is 9.89. The van der Waals surface area contributed by atoms with Gasteiger partial charge in [0.25, 0.3) is 0 Å². The SMILES string of the molecule is CCOC(=O)CNC(C)(C(=O)N1CCCC1)c1ccc2c(c1)nc(C(N)c1ccc(C(=N)NC(=O)OCC(Cl)(Cl)Cl)cc1)n2C. The van der Waals surface area contributed by atoms with Crippen molar-refractivity contribution in [3.8, 4) is 0 Å². The van der Waals surface area contributed by atoms with Crippen molar-refractivity contribution in [1.82, 2.24) is 25.1 Å². The van der Waals surface area contributed by atoms with Crippen molar-refractivity contribution in [2.24, 2.45) is 12.8 Å². The number of amides is 2. The first kappa shape index (κ1) is 34.5. The number of carbonyl (C=O) groups is 3. The lowest BCUT2D eigenvalue weighted by Gasteiger charge is -2.33. The van der Waals surface area contributed by atoms with Gasteiger partial charge < -0.3 is 24.7 Å². The second kappa shape index (κ2) is 14.3. The Bertz CT molecular complexity index is 1570. The van der Waals surface area contributed by atoms with Crippen LogP contribution in [-0.2, 0) is 31.6 Å². The number of hydrogen-bond acceptors (Lipinski definition) is 9. The Morgan fingerprint density at radius 3 is 2.38 bits per heavy atom. The van der Waals surface area contributed by atoms with E-state index in [1.54, 1.807) is 38.1 Å². The fourth-order valence-electron chi connectivity index (χ4n) is 5.17. The summed E-state index contributed by atoms with van der Waals surface area (Å²) in [5, 5.41) is 13.6. The molecule has 1 aromatic heterocycles. The second-order valence-corrected chi connectivity index (χ2v) is 13.3. The molecule has 1 fully saturated rings. The molecule has 1 saturated heterocycles. The van der Waals surface area contributed by atoms with Crippen LogP contribution in [0.5, 0.6) is 0 Å². The number of imidazole rings is 1. The van der Waals surface area contributed by atoms with E-state index < -0.39 is 34.0 Å². The Labute approximate surface area is 276 Å². The van der Waals surface area contributed by atoms with Crippen LogP contribution in [0.3, 0.4) is 0 Å². The Hall–Kier alpha value is -3.42. The number of aromatic nitrogens is 2. The van der Waals surface area contributed by atoms with Gasteiger partial charge in [0.2, 0.25) is 9.70 Å². The first-order chi connectivity index (χ1) is 21.2. The summed E-state index contributed by atoms with van der Waals surface area (Å²) in [5.74, 6) is -0.189. The van der Waals surface area contributed by atoms with E-state index in [1.807, 2.05) is 34.7 Å². The molecule has 1 aliphatic rings. The van der Waals surface area contributed by atoms with Crippen LogP contribution in [0.25, 0.3) is 11.0 Å². The number of esters is 1. The molecule has 0 bridgehead atoms. The van der Waals surface area contributed by atoms with Crippen LogP contribution >= 0.6 is 34.8 Å². The van der Waals surface area contributed by atoms with Crippen molar-refractivity contribution in [2.75, 3.05) is 32.8 Å². The third kappa shape index (κ3) is 8.25. The van der Waals surface area contributed by atoms with Gasteiger partial charge in [0.1, 0.15) is 23.8 Å². The van der Waals surface area contributed by atoms with Crippen LogP contribution in [0.4, 0.5) is 4.79 Å². The lowest BCUT2D eigenvalue weighted by Crippen LogP contribution is -2.54. The molecule has 2 amide bonds. The molecule has 12 nitrogen and oxygen atoms in total. The average Bonchev–Trinajstić information content (AvgIpc) is 3.66. The molecule has 2 atom stereocenters. The van der Waals surface area contributed by atoms with Crippen molar-refractivity contribution in [2.45, 2.75) is 42.1 Å².